The monoisotopic (exact) mass is 233 g/mol. The number of ether oxygens (including phenoxy) is 1. The zero-order chi connectivity index (χ0) is 11.9. The molecule has 0 bridgehead atoms. The molecular formula is C11H15N5O. The van der Waals surface area contributed by atoms with Crippen molar-refractivity contribution in [3.05, 3.63) is 30.3 Å². The van der Waals surface area contributed by atoms with Crippen LogP contribution in [0.3, 0.4) is 0 Å². The molecule has 0 unspecified atom stereocenters. The number of benzene rings is 1. The smallest absolute Gasteiger partial charge is 0.340 e. The number of tetrazole rings is 1. The number of rotatable bonds is 6. The first kappa shape index (κ1) is 11.5. The van der Waals surface area contributed by atoms with E-state index in [2.05, 4.69) is 20.8 Å². The third kappa shape index (κ3) is 3.01. The first-order valence-corrected chi connectivity index (χ1v) is 5.59. The number of para-hydroxylation sites is 1. The topological polar surface area (TPSA) is 64.9 Å². The summed E-state index contributed by atoms with van der Waals surface area (Å²) in [7, 11) is 0. The van der Waals surface area contributed by atoms with Crippen molar-refractivity contribution in [3.63, 3.8) is 0 Å². The third-order valence-electron chi connectivity index (χ3n) is 2.20. The molecule has 0 atom stereocenters. The second-order valence-corrected chi connectivity index (χ2v) is 3.41. The summed E-state index contributed by atoms with van der Waals surface area (Å²) in [4.78, 5) is 0. The van der Waals surface area contributed by atoms with Crippen LogP contribution in [0.2, 0.25) is 0 Å². The number of nitrogens with one attached hydrogen (secondary N) is 1. The van der Waals surface area contributed by atoms with E-state index in [4.69, 9.17) is 4.74 Å². The van der Waals surface area contributed by atoms with Gasteiger partial charge in [-0.25, -0.2) is 0 Å². The van der Waals surface area contributed by atoms with Crippen molar-refractivity contribution in [3.8, 4) is 11.7 Å². The Balaban J connectivity index is 2.02. The highest BCUT2D eigenvalue weighted by molar-refractivity contribution is 5.31. The molecule has 0 fully saturated rings. The van der Waals surface area contributed by atoms with Crippen LogP contribution in [0, 0.1) is 0 Å². The van der Waals surface area contributed by atoms with E-state index in [-0.39, 0.29) is 0 Å². The Morgan fingerprint density at radius 2 is 2.12 bits per heavy atom. The molecule has 0 aliphatic rings. The van der Waals surface area contributed by atoms with E-state index in [9.17, 15) is 0 Å². The first-order chi connectivity index (χ1) is 8.42. The second kappa shape index (κ2) is 5.95. The van der Waals surface area contributed by atoms with Crippen LogP contribution in [0.4, 0.5) is 0 Å². The molecule has 6 heteroatoms. The van der Waals surface area contributed by atoms with Crippen molar-refractivity contribution in [2.75, 3.05) is 19.7 Å². The van der Waals surface area contributed by atoms with Gasteiger partial charge in [0.05, 0.1) is 5.69 Å². The summed E-state index contributed by atoms with van der Waals surface area (Å²) < 4.78 is 7.07. The summed E-state index contributed by atoms with van der Waals surface area (Å²) in [5.41, 5.74) is 0.885. The number of nitrogens with zero attached hydrogens (tertiary/aromatic N) is 4. The molecule has 0 saturated heterocycles. The van der Waals surface area contributed by atoms with Crippen LogP contribution < -0.4 is 10.1 Å². The highest BCUT2D eigenvalue weighted by Gasteiger charge is 2.08. The lowest BCUT2D eigenvalue weighted by molar-refractivity contribution is 0.283. The second-order valence-electron chi connectivity index (χ2n) is 3.41. The van der Waals surface area contributed by atoms with Gasteiger partial charge in [-0.05, 0) is 29.1 Å². The van der Waals surface area contributed by atoms with Gasteiger partial charge in [0.1, 0.15) is 6.61 Å². The van der Waals surface area contributed by atoms with Crippen molar-refractivity contribution in [2.45, 2.75) is 6.92 Å². The minimum absolute atomic E-state index is 0.411. The lowest BCUT2D eigenvalue weighted by atomic mass is 10.3. The molecule has 0 radical (unpaired) electrons. The van der Waals surface area contributed by atoms with E-state index in [0.29, 0.717) is 12.6 Å². The van der Waals surface area contributed by atoms with Gasteiger partial charge < -0.3 is 10.1 Å². The predicted molar refractivity (Wildman–Crippen MR) is 63.2 cm³/mol. The van der Waals surface area contributed by atoms with E-state index < -0.39 is 0 Å². The zero-order valence-corrected chi connectivity index (χ0v) is 9.71. The zero-order valence-electron chi connectivity index (χ0n) is 9.71. The van der Waals surface area contributed by atoms with Crippen LogP contribution in [0.25, 0.3) is 5.69 Å². The van der Waals surface area contributed by atoms with Crippen molar-refractivity contribution < 1.29 is 4.74 Å². The maximum Gasteiger partial charge on any atom is 0.340 e. The molecular weight excluding hydrogens is 218 g/mol. The van der Waals surface area contributed by atoms with Crippen molar-refractivity contribution >= 4 is 0 Å². The molecule has 0 amide bonds. The van der Waals surface area contributed by atoms with Crippen molar-refractivity contribution in [2.24, 2.45) is 0 Å². The molecule has 1 N–H and O–H groups in total. The molecule has 2 aromatic rings. The Morgan fingerprint density at radius 3 is 2.88 bits per heavy atom. The van der Waals surface area contributed by atoms with E-state index in [1.54, 1.807) is 4.68 Å². The molecule has 2 rings (SSSR count). The molecule has 0 saturated carbocycles. The Morgan fingerprint density at radius 1 is 1.29 bits per heavy atom. The highest BCUT2D eigenvalue weighted by Crippen LogP contribution is 2.11. The Kier molecular flexibility index (Phi) is 4.04. The molecule has 1 aromatic heterocycles. The summed E-state index contributed by atoms with van der Waals surface area (Å²) >= 11 is 0. The van der Waals surface area contributed by atoms with Crippen molar-refractivity contribution in [1.82, 2.24) is 25.5 Å². The summed E-state index contributed by atoms with van der Waals surface area (Å²) in [5.74, 6) is 0. The standard InChI is InChI=1S/C11H15N5O/c1-2-12-8-9-17-11-13-14-15-16(11)10-6-4-3-5-7-10/h3-7,12H,2,8-9H2,1H3. The van der Waals surface area contributed by atoms with E-state index in [1.165, 1.54) is 0 Å². The predicted octanol–water partition coefficient (Wildman–Crippen LogP) is 0.651. The first-order valence-electron chi connectivity index (χ1n) is 5.59. The fourth-order valence-corrected chi connectivity index (χ4v) is 1.39. The fraction of sp³-hybridized carbons (Fsp3) is 0.364. The molecule has 0 spiro atoms. The average molecular weight is 233 g/mol. The number of hydrogen-bond donors (Lipinski definition) is 1. The molecule has 1 aromatic carbocycles. The fourth-order valence-electron chi connectivity index (χ4n) is 1.39. The van der Waals surface area contributed by atoms with Gasteiger partial charge in [0.2, 0.25) is 0 Å². The van der Waals surface area contributed by atoms with Crippen LogP contribution in [0.15, 0.2) is 30.3 Å². The van der Waals surface area contributed by atoms with Crippen LogP contribution in [-0.2, 0) is 0 Å². The maximum absolute atomic E-state index is 5.50. The quantitative estimate of drug-likeness (QED) is 0.742. The molecule has 0 aliphatic carbocycles. The lowest BCUT2D eigenvalue weighted by Gasteiger charge is -2.06. The lowest BCUT2D eigenvalue weighted by Crippen LogP contribution is -2.21. The maximum atomic E-state index is 5.50. The van der Waals surface area contributed by atoms with E-state index >= 15 is 0 Å². The minimum atomic E-state index is 0.411. The number of aromatic nitrogens is 4. The van der Waals surface area contributed by atoms with E-state index in [1.807, 2.05) is 37.3 Å². The Labute approximate surface area is 99.6 Å². The largest absolute Gasteiger partial charge is 0.461 e. The average Bonchev–Trinajstić information content (AvgIpc) is 2.84. The van der Waals surface area contributed by atoms with Gasteiger partial charge in [-0.15, -0.1) is 0 Å². The molecule has 6 nitrogen and oxygen atoms in total. The van der Waals surface area contributed by atoms with Gasteiger partial charge >= 0.3 is 6.01 Å². The van der Waals surface area contributed by atoms with Gasteiger partial charge in [-0.2, -0.15) is 4.68 Å². The summed E-state index contributed by atoms with van der Waals surface area (Å²) in [6.07, 6.45) is 0. The Bertz CT molecular complexity index is 442. The van der Waals surface area contributed by atoms with Crippen LogP contribution in [0.5, 0.6) is 6.01 Å². The molecule has 0 aliphatic heterocycles. The van der Waals surface area contributed by atoms with E-state index in [0.717, 1.165) is 18.8 Å². The Hall–Kier alpha value is -1.95. The summed E-state index contributed by atoms with van der Waals surface area (Å²) in [6, 6.07) is 10.1. The SMILES string of the molecule is CCNCCOc1nnnn1-c1ccccc1. The van der Waals surface area contributed by atoms with Crippen LogP contribution in [0.1, 0.15) is 6.92 Å². The highest BCUT2D eigenvalue weighted by atomic mass is 16.5. The minimum Gasteiger partial charge on any atom is -0.461 e. The van der Waals surface area contributed by atoms with Gasteiger partial charge in [0.15, 0.2) is 0 Å². The molecule has 1 heterocycles. The van der Waals surface area contributed by atoms with Gasteiger partial charge in [0.25, 0.3) is 0 Å². The van der Waals surface area contributed by atoms with Crippen LogP contribution >= 0.6 is 0 Å². The normalized spacial score (nSPS) is 10.4. The molecule has 90 valence electrons. The van der Waals surface area contributed by atoms with Crippen LogP contribution in [-0.4, -0.2) is 39.9 Å². The third-order valence-corrected chi connectivity index (χ3v) is 2.20. The van der Waals surface area contributed by atoms with Gasteiger partial charge in [0, 0.05) is 6.54 Å². The molecule has 17 heavy (non-hydrogen) atoms. The van der Waals surface area contributed by atoms with Gasteiger partial charge in [-0.1, -0.05) is 30.2 Å². The van der Waals surface area contributed by atoms with Gasteiger partial charge in [-0.3, -0.25) is 0 Å². The van der Waals surface area contributed by atoms with Crippen molar-refractivity contribution in [1.29, 1.82) is 0 Å². The number of hydrogen-bond acceptors (Lipinski definition) is 5. The number of likely N-dealkylation sites (N-methyl/N-ethyl adjacent to an activating group) is 1. The summed E-state index contributed by atoms with van der Waals surface area (Å²) in [5, 5.41) is 14.5. The summed E-state index contributed by atoms with van der Waals surface area (Å²) in [6.45, 7) is 4.29.